The fourth-order valence-corrected chi connectivity index (χ4v) is 2.33. The van der Waals surface area contributed by atoms with Gasteiger partial charge in [-0.05, 0) is 35.7 Å². The SMILES string of the molecule is COc1cccc(CCC(=O)OCc2ccc(Cl)cc2)c1OC. The van der Waals surface area contributed by atoms with Crippen LogP contribution in [-0.4, -0.2) is 20.2 Å². The maximum atomic E-state index is 11.9. The van der Waals surface area contributed by atoms with Crippen LogP contribution in [0.2, 0.25) is 5.02 Å². The van der Waals surface area contributed by atoms with Gasteiger partial charge >= 0.3 is 5.97 Å². The topological polar surface area (TPSA) is 44.8 Å². The molecule has 0 fully saturated rings. The van der Waals surface area contributed by atoms with Crippen LogP contribution in [0, 0.1) is 0 Å². The van der Waals surface area contributed by atoms with Crippen molar-refractivity contribution in [2.45, 2.75) is 19.4 Å². The Morgan fingerprint density at radius 3 is 2.43 bits per heavy atom. The number of esters is 1. The number of halogens is 1. The van der Waals surface area contributed by atoms with Crippen LogP contribution in [0.5, 0.6) is 11.5 Å². The molecule has 0 aliphatic rings. The Morgan fingerprint density at radius 1 is 1.04 bits per heavy atom. The van der Waals surface area contributed by atoms with Crippen LogP contribution in [-0.2, 0) is 22.6 Å². The van der Waals surface area contributed by atoms with E-state index in [-0.39, 0.29) is 19.0 Å². The van der Waals surface area contributed by atoms with E-state index in [1.807, 2.05) is 30.3 Å². The van der Waals surface area contributed by atoms with Gasteiger partial charge in [-0.15, -0.1) is 0 Å². The molecular formula is C18H19ClO4. The maximum Gasteiger partial charge on any atom is 0.306 e. The Balaban J connectivity index is 1.88. The molecule has 0 aromatic heterocycles. The van der Waals surface area contributed by atoms with Crippen molar-refractivity contribution in [3.8, 4) is 11.5 Å². The normalized spacial score (nSPS) is 10.2. The number of hydrogen-bond acceptors (Lipinski definition) is 4. The molecule has 0 unspecified atom stereocenters. The molecule has 5 heteroatoms. The van der Waals surface area contributed by atoms with Gasteiger partial charge in [0, 0.05) is 11.4 Å². The molecule has 0 saturated heterocycles. The standard InChI is InChI=1S/C18H19ClO4/c1-21-16-5-3-4-14(18(16)22-2)8-11-17(20)23-12-13-6-9-15(19)10-7-13/h3-7,9-10H,8,11-12H2,1-2H3. The van der Waals surface area contributed by atoms with E-state index in [0.29, 0.717) is 22.9 Å². The summed E-state index contributed by atoms with van der Waals surface area (Å²) in [7, 11) is 3.17. The zero-order chi connectivity index (χ0) is 16.7. The van der Waals surface area contributed by atoms with Crippen LogP contribution in [0.4, 0.5) is 0 Å². The summed E-state index contributed by atoms with van der Waals surface area (Å²) in [6, 6.07) is 12.8. The number of carbonyl (C=O) groups is 1. The molecule has 122 valence electrons. The Morgan fingerprint density at radius 2 is 1.78 bits per heavy atom. The predicted octanol–water partition coefficient (Wildman–Crippen LogP) is 4.03. The smallest absolute Gasteiger partial charge is 0.306 e. The molecular weight excluding hydrogens is 316 g/mol. The highest BCUT2D eigenvalue weighted by Crippen LogP contribution is 2.31. The molecule has 0 spiro atoms. The quantitative estimate of drug-likeness (QED) is 0.717. The first kappa shape index (κ1) is 17.2. The molecule has 0 aliphatic carbocycles. The highest BCUT2D eigenvalue weighted by Gasteiger charge is 2.11. The monoisotopic (exact) mass is 334 g/mol. The van der Waals surface area contributed by atoms with Gasteiger partial charge in [-0.25, -0.2) is 0 Å². The summed E-state index contributed by atoms with van der Waals surface area (Å²) in [6.45, 7) is 0.241. The van der Waals surface area contributed by atoms with Gasteiger partial charge < -0.3 is 14.2 Å². The molecule has 2 aromatic carbocycles. The minimum atomic E-state index is -0.259. The van der Waals surface area contributed by atoms with Crippen molar-refractivity contribution in [2.24, 2.45) is 0 Å². The van der Waals surface area contributed by atoms with Crippen molar-refractivity contribution in [2.75, 3.05) is 14.2 Å². The number of para-hydroxylation sites is 1. The van der Waals surface area contributed by atoms with Crippen LogP contribution in [0.1, 0.15) is 17.5 Å². The predicted molar refractivity (Wildman–Crippen MR) is 89.1 cm³/mol. The first-order chi connectivity index (χ1) is 11.1. The summed E-state index contributed by atoms with van der Waals surface area (Å²) < 4.78 is 15.9. The van der Waals surface area contributed by atoms with Crippen molar-refractivity contribution >= 4 is 17.6 Å². The number of aryl methyl sites for hydroxylation is 1. The van der Waals surface area contributed by atoms with Crippen LogP contribution >= 0.6 is 11.6 Å². The summed E-state index contributed by atoms with van der Waals surface area (Å²) in [5.74, 6) is 1.05. The van der Waals surface area contributed by atoms with Gasteiger partial charge in [0.25, 0.3) is 0 Å². The zero-order valence-electron chi connectivity index (χ0n) is 13.2. The largest absolute Gasteiger partial charge is 0.493 e. The third-order valence-electron chi connectivity index (χ3n) is 3.40. The summed E-state index contributed by atoms with van der Waals surface area (Å²) in [4.78, 5) is 11.9. The van der Waals surface area contributed by atoms with Crippen molar-refractivity contribution < 1.29 is 19.0 Å². The van der Waals surface area contributed by atoms with Crippen molar-refractivity contribution in [1.82, 2.24) is 0 Å². The number of benzene rings is 2. The van der Waals surface area contributed by atoms with Crippen LogP contribution in [0.3, 0.4) is 0 Å². The van der Waals surface area contributed by atoms with Gasteiger partial charge in [0.15, 0.2) is 11.5 Å². The average Bonchev–Trinajstić information content (AvgIpc) is 2.58. The minimum absolute atomic E-state index is 0.241. The molecule has 0 heterocycles. The van der Waals surface area contributed by atoms with E-state index in [0.717, 1.165) is 11.1 Å². The molecule has 4 nitrogen and oxygen atoms in total. The second-order valence-electron chi connectivity index (χ2n) is 4.94. The second kappa shape index (κ2) is 8.44. The van der Waals surface area contributed by atoms with E-state index in [1.54, 1.807) is 26.4 Å². The molecule has 0 radical (unpaired) electrons. The third kappa shape index (κ3) is 4.89. The Kier molecular flexibility index (Phi) is 6.29. The molecule has 0 saturated carbocycles. The van der Waals surface area contributed by atoms with E-state index in [1.165, 1.54) is 0 Å². The summed E-state index contributed by atoms with van der Waals surface area (Å²) in [6.07, 6.45) is 0.803. The number of rotatable bonds is 7. The first-order valence-corrected chi connectivity index (χ1v) is 7.61. The number of ether oxygens (including phenoxy) is 3. The van der Waals surface area contributed by atoms with Crippen molar-refractivity contribution in [3.05, 3.63) is 58.6 Å². The second-order valence-corrected chi connectivity index (χ2v) is 5.38. The Hall–Kier alpha value is -2.20. The molecule has 2 aromatic rings. The van der Waals surface area contributed by atoms with Gasteiger partial charge in [0.1, 0.15) is 6.61 Å². The Labute approximate surface area is 140 Å². The summed E-state index contributed by atoms with van der Waals surface area (Å²) in [5.41, 5.74) is 1.82. The van der Waals surface area contributed by atoms with Gasteiger partial charge in [-0.1, -0.05) is 35.9 Å². The molecule has 0 aliphatic heterocycles. The molecule has 23 heavy (non-hydrogen) atoms. The molecule has 0 atom stereocenters. The lowest BCUT2D eigenvalue weighted by Crippen LogP contribution is -2.06. The number of methoxy groups -OCH3 is 2. The van der Waals surface area contributed by atoms with Gasteiger partial charge in [0.2, 0.25) is 0 Å². The molecule has 2 rings (SSSR count). The van der Waals surface area contributed by atoms with E-state index < -0.39 is 0 Å². The molecule has 0 N–H and O–H groups in total. The van der Waals surface area contributed by atoms with E-state index in [4.69, 9.17) is 25.8 Å². The van der Waals surface area contributed by atoms with Gasteiger partial charge in [-0.3, -0.25) is 4.79 Å². The van der Waals surface area contributed by atoms with Crippen molar-refractivity contribution in [1.29, 1.82) is 0 Å². The lowest BCUT2D eigenvalue weighted by atomic mass is 10.1. The van der Waals surface area contributed by atoms with Gasteiger partial charge in [0.05, 0.1) is 14.2 Å². The van der Waals surface area contributed by atoms with Crippen LogP contribution in [0.25, 0.3) is 0 Å². The van der Waals surface area contributed by atoms with E-state index >= 15 is 0 Å². The first-order valence-electron chi connectivity index (χ1n) is 7.24. The fraction of sp³-hybridized carbons (Fsp3) is 0.278. The highest BCUT2D eigenvalue weighted by atomic mass is 35.5. The minimum Gasteiger partial charge on any atom is -0.493 e. The van der Waals surface area contributed by atoms with Gasteiger partial charge in [-0.2, -0.15) is 0 Å². The average molecular weight is 335 g/mol. The lowest BCUT2D eigenvalue weighted by Gasteiger charge is -2.12. The number of carbonyl (C=O) groups excluding carboxylic acids is 1. The zero-order valence-corrected chi connectivity index (χ0v) is 13.9. The third-order valence-corrected chi connectivity index (χ3v) is 3.65. The maximum absolute atomic E-state index is 11.9. The fourth-order valence-electron chi connectivity index (χ4n) is 2.20. The van der Waals surface area contributed by atoms with Crippen LogP contribution < -0.4 is 9.47 Å². The van der Waals surface area contributed by atoms with Crippen LogP contribution in [0.15, 0.2) is 42.5 Å². The molecule has 0 amide bonds. The summed E-state index contributed by atoms with van der Waals surface area (Å²) >= 11 is 5.82. The summed E-state index contributed by atoms with van der Waals surface area (Å²) in [5, 5.41) is 0.658. The Bertz CT molecular complexity index is 653. The highest BCUT2D eigenvalue weighted by molar-refractivity contribution is 6.30. The number of hydrogen-bond donors (Lipinski definition) is 0. The van der Waals surface area contributed by atoms with E-state index in [9.17, 15) is 4.79 Å². The molecule has 0 bridgehead atoms. The lowest BCUT2D eigenvalue weighted by molar-refractivity contribution is -0.144. The van der Waals surface area contributed by atoms with Crippen molar-refractivity contribution in [3.63, 3.8) is 0 Å². The van der Waals surface area contributed by atoms with E-state index in [2.05, 4.69) is 0 Å².